The van der Waals surface area contributed by atoms with Crippen LogP contribution < -0.4 is 4.74 Å². The third-order valence-electron chi connectivity index (χ3n) is 1.88. The number of nitrogens with zero attached hydrogens (tertiary/aromatic N) is 2. The molecule has 0 aromatic carbocycles. The van der Waals surface area contributed by atoms with E-state index in [1.54, 1.807) is 0 Å². The van der Waals surface area contributed by atoms with Gasteiger partial charge in [0, 0.05) is 11.5 Å². The summed E-state index contributed by atoms with van der Waals surface area (Å²) in [4.78, 5) is 13.4. The number of aromatic nitrogens is 1. The second kappa shape index (κ2) is 5.15. The van der Waals surface area contributed by atoms with E-state index in [1.165, 1.54) is 0 Å². The quantitative estimate of drug-likeness (QED) is 0.487. The molecule has 0 atom stereocenters. The van der Waals surface area contributed by atoms with Crippen molar-refractivity contribution in [3.8, 4) is 5.88 Å². The molecule has 0 radical (unpaired) electrons. The zero-order valence-corrected chi connectivity index (χ0v) is 9.70. The van der Waals surface area contributed by atoms with Crippen molar-refractivity contribution in [1.82, 2.24) is 4.98 Å². The molecule has 0 saturated heterocycles. The average molecular weight is 297 g/mol. The van der Waals surface area contributed by atoms with Gasteiger partial charge in [-0.1, -0.05) is 15.9 Å². The van der Waals surface area contributed by atoms with Crippen LogP contribution in [0.3, 0.4) is 0 Å². The SMILES string of the molecule is COc1ncc(CBr)c(C(F)F)c1[N+](=O)[O-]. The van der Waals surface area contributed by atoms with Crippen LogP contribution in [0.25, 0.3) is 0 Å². The fourth-order valence-corrected chi connectivity index (χ4v) is 1.66. The van der Waals surface area contributed by atoms with Gasteiger partial charge < -0.3 is 4.74 Å². The molecule has 5 nitrogen and oxygen atoms in total. The molecule has 0 saturated carbocycles. The van der Waals surface area contributed by atoms with Crippen LogP contribution in [0, 0.1) is 10.1 Å². The van der Waals surface area contributed by atoms with E-state index in [9.17, 15) is 18.9 Å². The van der Waals surface area contributed by atoms with Crippen LogP contribution in [0.15, 0.2) is 6.20 Å². The molecule has 0 fully saturated rings. The Hall–Kier alpha value is -1.31. The maximum atomic E-state index is 12.7. The first-order valence-electron chi connectivity index (χ1n) is 4.07. The van der Waals surface area contributed by atoms with E-state index in [2.05, 4.69) is 25.7 Å². The zero-order valence-electron chi connectivity index (χ0n) is 8.11. The first-order valence-corrected chi connectivity index (χ1v) is 5.19. The van der Waals surface area contributed by atoms with Gasteiger partial charge in [0.25, 0.3) is 12.3 Å². The largest absolute Gasteiger partial charge is 0.476 e. The second-order valence-corrected chi connectivity index (χ2v) is 3.31. The normalized spacial score (nSPS) is 10.6. The van der Waals surface area contributed by atoms with Crippen molar-refractivity contribution in [2.24, 2.45) is 0 Å². The molecule has 0 spiro atoms. The maximum Gasteiger partial charge on any atom is 0.340 e. The van der Waals surface area contributed by atoms with Crippen molar-refractivity contribution >= 4 is 21.6 Å². The lowest BCUT2D eigenvalue weighted by molar-refractivity contribution is -0.387. The molecule has 1 aromatic rings. The molecule has 0 amide bonds. The summed E-state index contributed by atoms with van der Waals surface area (Å²) in [5, 5.41) is 10.8. The molecule has 0 aliphatic carbocycles. The number of methoxy groups -OCH3 is 1. The van der Waals surface area contributed by atoms with Crippen LogP contribution in [-0.2, 0) is 5.33 Å². The summed E-state index contributed by atoms with van der Waals surface area (Å²) in [5.41, 5.74) is -1.37. The predicted molar refractivity (Wildman–Crippen MR) is 55.0 cm³/mol. The Morgan fingerprint density at radius 3 is 2.69 bits per heavy atom. The van der Waals surface area contributed by atoms with Crippen molar-refractivity contribution < 1.29 is 18.4 Å². The molecule has 0 N–H and O–H groups in total. The van der Waals surface area contributed by atoms with E-state index < -0.39 is 28.5 Å². The Kier molecular flexibility index (Phi) is 4.11. The number of halogens is 3. The lowest BCUT2D eigenvalue weighted by Crippen LogP contribution is -2.04. The Balaban J connectivity index is 3.53. The predicted octanol–water partition coefficient (Wildman–Crippen LogP) is 2.83. The van der Waals surface area contributed by atoms with E-state index >= 15 is 0 Å². The number of hydrogen-bond acceptors (Lipinski definition) is 4. The van der Waals surface area contributed by atoms with E-state index in [-0.39, 0.29) is 10.9 Å². The maximum absolute atomic E-state index is 12.7. The van der Waals surface area contributed by atoms with Gasteiger partial charge in [-0.05, 0) is 5.56 Å². The molecule has 0 aliphatic rings. The summed E-state index contributed by atoms with van der Waals surface area (Å²) in [6.07, 6.45) is -1.83. The Labute approximate surface area is 97.7 Å². The van der Waals surface area contributed by atoms with E-state index in [1.807, 2.05) is 0 Å². The summed E-state index contributed by atoms with van der Waals surface area (Å²) in [5.74, 6) is -0.412. The van der Waals surface area contributed by atoms with Gasteiger partial charge in [0.05, 0.1) is 12.0 Å². The highest BCUT2D eigenvalue weighted by Gasteiger charge is 2.30. The molecule has 16 heavy (non-hydrogen) atoms. The smallest absolute Gasteiger partial charge is 0.340 e. The lowest BCUT2D eigenvalue weighted by atomic mass is 10.1. The Bertz CT molecular complexity index is 415. The van der Waals surface area contributed by atoms with E-state index in [0.29, 0.717) is 0 Å². The van der Waals surface area contributed by atoms with Crippen molar-refractivity contribution in [1.29, 1.82) is 0 Å². The molecular formula is C8H7BrF2N2O3. The molecule has 88 valence electrons. The molecule has 0 aliphatic heterocycles. The molecule has 1 aromatic heterocycles. The molecular weight excluding hydrogens is 290 g/mol. The number of rotatable bonds is 4. The molecule has 0 bridgehead atoms. The fourth-order valence-electron chi connectivity index (χ4n) is 1.21. The van der Waals surface area contributed by atoms with Gasteiger partial charge in [0.2, 0.25) is 0 Å². The number of alkyl halides is 3. The van der Waals surface area contributed by atoms with Gasteiger partial charge in [0.15, 0.2) is 0 Å². The molecule has 8 heteroatoms. The minimum atomic E-state index is -2.95. The van der Waals surface area contributed by atoms with Gasteiger partial charge in [-0.2, -0.15) is 0 Å². The number of pyridine rings is 1. The Morgan fingerprint density at radius 2 is 2.31 bits per heavy atom. The van der Waals surface area contributed by atoms with Crippen molar-refractivity contribution in [3.63, 3.8) is 0 Å². The van der Waals surface area contributed by atoms with Crippen LogP contribution in [-0.4, -0.2) is 17.0 Å². The van der Waals surface area contributed by atoms with Gasteiger partial charge in [-0.3, -0.25) is 10.1 Å². The topological polar surface area (TPSA) is 65.3 Å². The average Bonchev–Trinajstić information content (AvgIpc) is 2.26. The first kappa shape index (κ1) is 12.8. The minimum absolute atomic E-state index is 0.0600. The Morgan fingerprint density at radius 1 is 1.69 bits per heavy atom. The summed E-state index contributed by atoms with van der Waals surface area (Å²) < 4.78 is 30.1. The summed E-state index contributed by atoms with van der Waals surface area (Å²) in [7, 11) is 1.14. The van der Waals surface area contributed by atoms with Gasteiger partial charge in [-0.15, -0.1) is 0 Å². The number of nitro groups is 1. The van der Waals surface area contributed by atoms with Crippen LogP contribution in [0.4, 0.5) is 14.5 Å². The standard InChI is InChI=1S/C8H7BrF2N2O3/c1-16-8-6(13(14)15)5(7(10)11)4(2-9)3-12-8/h3,7H,2H2,1H3. The van der Waals surface area contributed by atoms with E-state index in [4.69, 9.17) is 0 Å². The van der Waals surface area contributed by atoms with Gasteiger partial charge in [-0.25, -0.2) is 13.8 Å². The molecule has 1 heterocycles. The highest BCUT2D eigenvalue weighted by molar-refractivity contribution is 9.08. The van der Waals surface area contributed by atoms with E-state index in [0.717, 1.165) is 13.3 Å². The summed E-state index contributed by atoms with van der Waals surface area (Å²) >= 11 is 2.97. The highest BCUT2D eigenvalue weighted by atomic mass is 79.9. The highest BCUT2D eigenvalue weighted by Crippen LogP contribution is 2.38. The van der Waals surface area contributed by atoms with Crippen LogP contribution >= 0.6 is 15.9 Å². The lowest BCUT2D eigenvalue weighted by Gasteiger charge is -2.09. The van der Waals surface area contributed by atoms with Gasteiger partial charge in [0.1, 0.15) is 5.56 Å². The fraction of sp³-hybridized carbons (Fsp3) is 0.375. The molecule has 0 unspecified atom stereocenters. The first-order chi connectivity index (χ1) is 7.52. The third kappa shape index (κ3) is 2.26. The van der Waals surface area contributed by atoms with Crippen LogP contribution in [0.5, 0.6) is 5.88 Å². The van der Waals surface area contributed by atoms with Crippen LogP contribution in [0.1, 0.15) is 17.6 Å². The van der Waals surface area contributed by atoms with Crippen molar-refractivity contribution in [2.45, 2.75) is 11.8 Å². The monoisotopic (exact) mass is 296 g/mol. The minimum Gasteiger partial charge on any atom is -0.476 e. The summed E-state index contributed by atoms with van der Waals surface area (Å²) in [6.45, 7) is 0. The van der Waals surface area contributed by atoms with Crippen LogP contribution in [0.2, 0.25) is 0 Å². The van der Waals surface area contributed by atoms with Crippen molar-refractivity contribution in [2.75, 3.05) is 7.11 Å². The zero-order chi connectivity index (χ0) is 12.3. The molecule has 1 rings (SSSR count). The summed E-state index contributed by atoms with van der Waals surface area (Å²) in [6, 6.07) is 0. The number of ether oxygens (including phenoxy) is 1. The number of hydrogen-bond donors (Lipinski definition) is 0. The van der Waals surface area contributed by atoms with Gasteiger partial charge >= 0.3 is 5.69 Å². The van der Waals surface area contributed by atoms with Crippen molar-refractivity contribution in [3.05, 3.63) is 27.4 Å². The third-order valence-corrected chi connectivity index (χ3v) is 2.48. The second-order valence-electron chi connectivity index (χ2n) is 2.75.